The maximum absolute atomic E-state index is 5.65. The number of ether oxygens (including phenoxy) is 1. The van der Waals surface area contributed by atoms with Crippen LogP contribution in [0.3, 0.4) is 0 Å². The van der Waals surface area contributed by atoms with E-state index in [1.807, 2.05) is 42.0 Å². The van der Waals surface area contributed by atoms with Gasteiger partial charge in [0.25, 0.3) is 0 Å². The normalized spacial score (nSPS) is 10.6. The van der Waals surface area contributed by atoms with Crippen LogP contribution in [0.4, 0.5) is 5.69 Å². The summed E-state index contributed by atoms with van der Waals surface area (Å²) in [6, 6.07) is 7.66. The van der Waals surface area contributed by atoms with Gasteiger partial charge in [-0.1, -0.05) is 0 Å². The number of imidazole rings is 1. The maximum Gasteiger partial charge on any atom is 0.141 e. The molecular weight excluding hydrogens is 202 g/mol. The Balaban J connectivity index is 2.26. The first-order chi connectivity index (χ1) is 7.81. The highest BCUT2D eigenvalue weighted by molar-refractivity contribution is 5.59. The highest BCUT2D eigenvalue weighted by atomic mass is 16.5. The average Bonchev–Trinajstić information content (AvgIpc) is 2.75. The van der Waals surface area contributed by atoms with Crippen LogP contribution in [0.15, 0.2) is 36.7 Å². The van der Waals surface area contributed by atoms with E-state index < -0.39 is 0 Å². The number of benzene rings is 1. The van der Waals surface area contributed by atoms with Crippen molar-refractivity contribution in [1.29, 1.82) is 0 Å². The molecule has 2 N–H and O–H groups in total. The zero-order valence-electron chi connectivity index (χ0n) is 9.26. The van der Waals surface area contributed by atoms with Gasteiger partial charge in [-0.25, -0.2) is 4.98 Å². The van der Waals surface area contributed by atoms with Crippen LogP contribution in [-0.4, -0.2) is 16.2 Å². The number of nitrogen functional groups attached to an aromatic ring is 1. The van der Waals surface area contributed by atoms with Crippen LogP contribution in [0, 0.1) is 0 Å². The Labute approximate surface area is 94.7 Å². The van der Waals surface area contributed by atoms with Crippen molar-refractivity contribution in [2.75, 3.05) is 12.3 Å². The van der Waals surface area contributed by atoms with Gasteiger partial charge in [0.2, 0.25) is 0 Å². The lowest BCUT2D eigenvalue weighted by Gasteiger charge is -2.07. The minimum atomic E-state index is 0.524. The van der Waals surface area contributed by atoms with Crippen molar-refractivity contribution in [2.24, 2.45) is 0 Å². The predicted octanol–water partition coefficient (Wildman–Crippen LogP) is 2.13. The Hall–Kier alpha value is -1.81. The van der Waals surface area contributed by atoms with Crippen molar-refractivity contribution in [2.45, 2.75) is 13.7 Å². The van der Waals surface area contributed by atoms with E-state index in [-0.39, 0.29) is 0 Å². The summed E-state index contributed by atoms with van der Waals surface area (Å²) in [6.07, 6.45) is 3.67. The summed E-state index contributed by atoms with van der Waals surface area (Å²) < 4.78 is 7.33. The molecule has 16 heavy (non-hydrogen) atoms. The van der Waals surface area contributed by atoms with Crippen LogP contribution in [0.1, 0.15) is 6.92 Å². The lowest BCUT2D eigenvalue weighted by atomic mass is 10.2. The minimum absolute atomic E-state index is 0.524. The van der Waals surface area contributed by atoms with Gasteiger partial charge in [-0.15, -0.1) is 0 Å². The molecule has 1 aromatic heterocycles. The van der Waals surface area contributed by atoms with Gasteiger partial charge in [-0.2, -0.15) is 0 Å². The summed E-state index contributed by atoms with van der Waals surface area (Å²) in [6.45, 7) is 3.19. The zero-order chi connectivity index (χ0) is 11.4. The number of aromatic nitrogens is 2. The third-order valence-corrected chi connectivity index (χ3v) is 2.32. The molecule has 0 bridgehead atoms. The molecule has 0 fully saturated rings. The second kappa shape index (κ2) is 4.81. The first-order valence-corrected chi connectivity index (χ1v) is 5.26. The van der Waals surface area contributed by atoms with E-state index in [1.165, 1.54) is 0 Å². The number of anilines is 1. The summed E-state index contributed by atoms with van der Waals surface area (Å²) in [5.74, 6) is 0.897. The van der Waals surface area contributed by atoms with Crippen LogP contribution >= 0.6 is 0 Å². The van der Waals surface area contributed by atoms with Crippen molar-refractivity contribution in [3.63, 3.8) is 0 Å². The highest BCUT2D eigenvalue weighted by Crippen LogP contribution is 2.18. The summed E-state index contributed by atoms with van der Waals surface area (Å²) in [7, 11) is 0. The fourth-order valence-electron chi connectivity index (χ4n) is 1.50. The minimum Gasteiger partial charge on any atom is -0.399 e. The van der Waals surface area contributed by atoms with Crippen LogP contribution < -0.4 is 5.73 Å². The number of hydrogen-bond acceptors (Lipinski definition) is 3. The molecule has 84 valence electrons. The lowest BCUT2D eigenvalue weighted by molar-refractivity contribution is 0.0889. The van der Waals surface area contributed by atoms with Gasteiger partial charge in [0, 0.05) is 30.3 Å². The number of nitrogens with zero attached hydrogens (tertiary/aromatic N) is 2. The SMILES string of the molecule is CCOCn1ccnc1-c1ccc(N)cc1. The topological polar surface area (TPSA) is 53.1 Å². The van der Waals surface area contributed by atoms with Crippen LogP contribution in [0.2, 0.25) is 0 Å². The summed E-state index contributed by atoms with van der Waals surface area (Å²) in [5, 5.41) is 0. The molecule has 1 aromatic carbocycles. The molecule has 0 aliphatic rings. The molecule has 0 aliphatic heterocycles. The third-order valence-electron chi connectivity index (χ3n) is 2.32. The van der Waals surface area contributed by atoms with E-state index in [9.17, 15) is 0 Å². The van der Waals surface area contributed by atoms with Gasteiger partial charge in [0.15, 0.2) is 0 Å². The molecule has 0 saturated heterocycles. The Morgan fingerprint density at radius 2 is 2.06 bits per heavy atom. The van der Waals surface area contributed by atoms with Crippen molar-refractivity contribution in [3.8, 4) is 11.4 Å². The van der Waals surface area contributed by atoms with E-state index in [0.29, 0.717) is 13.3 Å². The molecule has 4 heteroatoms. The smallest absolute Gasteiger partial charge is 0.141 e. The van der Waals surface area contributed by atoms with E-state index in [4.69, 9.17) is 10.5 Å². The summed E-state index contributed by atoms with van der Waals surface area (Å²) in [5.41, 5.74) is 7.44. The predicted molar refractivity (Wildman–Crippen MR) is 63.7 cm³/mol. The van der Waals surface area contributed by atoms with Crippen LogP contribution in [0.25, 0.3) is 11.4 Å². The van der Waals surface area contributed by atoms with Crippen molar-refractivity contribution in [1.82, 2.24) is 9.55 Å². The molecule has 0 amide bonds. The van der Waals surface area contributed by atoms with Gasteiger partial charge in [0.1, 0.15) is 12.6 Å². The molecular formula is C12H15N3O. The maximum atomic E-state index is 5.65. The molecule has 0 unspecified atom stereocenters. The fourth-order valence-corrected chi connectivity index (χ4v) is 1.50. The third kappa shape index (κ3) is 2.23. The van der Waals surface area contributed by atoms with E-state index in [0.717, 1.165) is 17.1 Å². The molecule has 4 nitrogen and oxygen atoms in total. The van der Waals surface area contributed by atoms with E-state index in [1.54, 1.807) is 6.20 Å². The first-order valence-electron chi connectivity index (χ1n) is 5.26. The molecule has 1 heterocycles. The van der Waals surface area contributed by atoms with Gasteiger partial charge in [-0.3, -0.25) is 0 Å². The second-order valence-corrected chi connectivity index (χ2v) is 3.46. The molecule has 2 aromatic rings. The highest BCUT2D eigenvalue weighted by Gasteiger charge is 2.04. The largest absolute Gasteiger partial charge is 0.399 e. The van der Waals surface area contributed by atoms with Crippen LogP contribution in [0.5, 0.6) is 0 Å². The number of hydrogen-bond donors (Lipinski definition) is 1. The molecule has 0 atom stereocenters. The summed E-state index contributed by atoms with van der Waals surface area (Å²) in [4.78, 5) is 4.31. The van der Waals surface area contributed by atoms with Gasteiger partial charge >= 0.3 is 0 Å². The zero-order valence-corrected chi connectivity index (χ0v) is 9.26. The molecule has 0 spiro atoms. The fraction of sp³-hybridized carbons (Fsp3) is 0.250. The number of rotatable bonds is 4. The Bertz CT molecular complexity index is 448. The monoisotopic (exact) mass is 217 g/mol. The summed E-state index contributed by atoms with van der Waals surface area (Å²) >= 11 is 0. The Kier molecular flexibility index (Phi) is 3.22. The van der Waals surface area contributed by atoms with Gasteiger partial charge < -0.3 is 15.0 Å². The van der Waals surface area contributed by atoms with Gasteiger partial charge in [0.05, 0.1) is 0 Å². The second-order valence-electron chi connectivity index (χ2n) is 3.46. The first kappa shape index (κ1) is 10.7. The quantitative estimate of drug-likeness (QED) is 0.798. The average molecular weight is 217 g/mol. The molecule has 2 rings (SSSR count). The van der Waals surface area contributed by atoms with Crippen LogP contribution in [-0.2, 0) is 11.5 Å². The molecule has 0 saturated carbocycles. The Morgan fingerprint density at radius 3 is 2.75 bits per heavy atom. The van der Waals surface area contributed by atoms with Crippen molar-refractivity contribution < 1.29 is 4.74 Å². The van der Waals surface area contributed by atoms with Gasteiger partial charge in [-0.05, 0) is 31.2 Å². The van der Waals surface area contributed by atoms with E-state index >= 15 is 0 Å². The van der Waals surface area contributed by atoms with Crippen molar-refractivity contribution in [3.05, 3.63) is 36.7 Å². The lowest BCUT2D eigenvalue weighted by Crippen LogP contribution is -2.03. The number of nitrogens with two attached hydrogens (primary N) is 1. The van der Waals surface area contributed by atoms with E-state index in [2.05, 4.69) is 4.98 Å². The van der Waals surface area contributed by atoms with Crippen molar-refractivity contribution >= 4 is 5.69 Å². The molecule has 0 aliphatic carbocycles. The Morgan fingerprint density at radius 1 is 1.31 bits per heavy atom. The molecule has 0 radical (unpaired) electrons. The standard InChI is InChI=1S/C12H15N3O/c1-2-16-9-15-8-7-14-12(15)10-3-5-11(13)6-4-10/h3-8H,2,9,13H2,1H3.